The van der Waals surface area contributed by atoms with E-state index in [-0.39, 0.29) is 5.97 Å². The topological polar surface area (TPSA) is 38.3 Å². The first-order valence-electron chi connectivity index (χ1n) is 5.14. The minimum atomic E-state index is -0.270. The van der Waals surface area contributed by atoms with Gasteiger partial charge in [-0.2, -0.15) is 0 Å². The largest absolute Gasteiger partial charge is 0.466 e. The molecule has 0 saturated heterocycles. The van der Waals surface area contributed by atoms with Gasteiger partial charge in [-0.15, -0.1) is 11.3 Å². The second-order valence-electron chi connectivity index (χ2n) is 3.52. The Labute approximate surface area is 100 Å². The number of nitrogens with one attached hydrogen (secondary N) is 1. The van der Waals surface area contributed by atoms with Gasteiger partial charge in [0.25, 0.3) is 0 Å². The van der Waals surface area contributed by atoms with Gasteiger partial charge in [0.1, 0.15) is 0 Å². The molecule has 0 aromatic carbocycles. The third-order valence-corrected chi connectivity index (χ3v) is 3.16. The monoisotopic (exact) mass is 239 g/mol. The fourth-order valence-corrected chi connectivity index (χ4v) is 2.11. The lowest BCUT2D eigenvalue weighted by molar-refractivity contribution is -0.136. The van der Waals surface area contributed by atoms with E-state index in [0.29, 0.717) is 12.1 Å². The third-order valence-electron chi connectivity index (χ3n) is 2.16. The van der Waals surface area contributed by atoms with E-state index in [0.717, 1.165) is 6.54 Å². The molecule has 0 aliphatic heterocycles. The number of carbonyl (C=O) groups excluding carboxylic acids is 1. The molecule has 1 heterocycles. The maximum Gasteiger partial charge on any atom is 0.333 e. The summed E-state index contributed by atoms with van der Waals surface area (Å²) in [6.45, 7) is 5.36. The highest BCUT2D eigenvalue weighted by Gasteiger charge is 2.01. The zero-order chi connectivity index (χ0) is 12.0. The molecule has 0 aliphatic rings. The molecule has 1 rings (SSSR count). The Balaban J connectivity index is 2.28. The van der Waals surface area contributed by atoms with E-state index in [1.165, 1.54) is 16.9 Å². The van der Waals surface area contributed by atoms with Crippen molar-refractivity contribution >= 4 is 17.3 Å². The molecule has 0 radical (unpaired) electrons. The van der Waals surface area contributed by atoms with Gasteiger partial charge in [-0.3, -0.25) is 0 Å². The van der Waals surface area contributed by atoms with Gasteiger partial charge >= 0.3 is 5.97 Å². The maximum absolute atomic E-state index is 11.1. The lowest BCUT2D eigenvalue weighted by atomic mass is 10.3. The summed E-state index contributed by atoms with van der Waals surface area (Å²) < 4.78 is 4.60. The number of esters is 1. The van der Waals surface area contributed by atoms with E-state index in [1.54, 1.807) is 18.3 Å². The summed E-state index contributed by atoms with van der Waals surface area (Å²) in [5.41, 5.74) is 0.636. The Morgan fingerprint density at radius 3 is 2.88 bits per heavy atom. The molecule has 0 spiro atoms. The van der Waals surface area contributed by atoms with Gasteiger partial charge in [0.15, 0.2) is 0 Å². The van der Waals surface area contributed by atoms with E-state index < -0.39 is 0 Å². The number of thiophene rings is 1. The molecule has 0 amide bonds. The molecule has 88 valence electrons. The smallest absolute Gasteiger partial charge is 0.333 e. The molecule has 0 aliphatic carbocycles. The Morgan fingerprint density at radius 2 is 2.31 bits per heavy atom. The Bertz CT molecular complexity index is 382. The number of rotatable bonds is 5. The summed E-state index contributed by atoms with van der Waals surface area (Å²) in [5.74, 6) is -0.270. The van der Waals surface area contributed by atoms with E-state index in [9.17, 15) is 4.79 Å². The van der Waals surface area contributed by atoms with Gasteiger partial charge in [-0.25, -0.2) is 4.79 Å². The molecule has 3 nitrogen and oxygen atoms in total. The lowest BCUT2D eigenvalue weighted by Gasteiger charge is -2.00. The zero-order valence-electron chi connectivity index (χ0n) is 9.87. The van der Waals surface area contributed by atoms with Gasteiger partial charge < -0.3 is 10.1 Å². The molecule has 4 heteroatoms. The number of methoxy groups -OCH3 is 1. The van der Waals surface area contributed by atoms with Gasteiger partial charge in [0.2, 0.25) is 0 Å². The molecule has 16 heavy (non-hydrogen) atoms. The van der Waals surface area contributed by atoms with Gasteiger partial charge in [-0.1, -0.05) is 6.08 Å². The SMILES string of the molecule is COC(=O)/C(C)=C/CNCc1ccc(C)s1. The van der Waals surface area contributed by atoms with Crippen LogP contribution in [0.25, 0.3) is 0 Å². The molecule has 1 aromatic rings. The molecule has 1 aromatic heterocycles. The zero-order valence-corrected chi connectivity index (χ0v) is 10.7. The number of hydrogen-bond acceptors (Lipinski definition) is 4. The molecular formula is C12H17NO2S. The lowest BCUT2D eigenvalue weighted by Crippen LogP contribution is -2.13. The fraction of sp³-hybridized carbons (Fsp3) is 0.417. The molecule has 0 fully saturated rings. The van der Waals surface area contributed by atoms with Crippen LogP contribution in [0.4, 0.5) is 0 Å². The van der Waals surface area contributed by atoms with Crippen molar-refractivity contribution in [3.8, 4) is 0 Å². The van der Waals surface area contributed by atoms with Crippen molar-refractivity contribution in [3.05, 3.63) is 33.5 Å². The third kappa shape index (κ3) is 4.16. The average Bonchev–Trinajstić information content (AvgIpc) is 2.69. The first-order chi connectivity index (χ1) is 7.63. The van der Waals surface area contributed by atoms with E-state index in [4.69, 9.17) is 0 Å². The average molecular weight is 239 g/mol. The van der Waals surface area contributed by atoms with Gasteiger partial charge in [-0.05, 0) is 26.0 Å². The van der Waals surface area contributed by atoms with Crippen molar-refractivity contribution in [1.82, 2.24) is 5.32 Å². The van der Waals surface area contributed by atoms with E-state index in [2.05, 4.69) is 29.1 Å². The minimum Gasteiger partial charge on any atom is -0.466 e. The first kappa shape index (κ1) is 12.9. The van der Waals surface area contributed by atoms with Crippen molar-refractivity contribution in [3.63, 3.8) is 0 Å². The van der Waals surface area contributed by atoms with Gasteiger partial charge in [0.05, 0.1) is 7.11 Å². The maximum atomic E-state index is 11.1. The van der Waals surface area contributed by atoms with Crippen LogP contribution in [0.1, 0.15) is 16.7 Å². The van der Waals surface area contributed by atoms with Gasteiger partial charge in [0, 0.05) is 28.4 Å². The van der Waals surface area contributed by atoms with Crippen LogP contribution < -0.4 is 5.32 Å². The van der Waals surface area contributed by atoms with Crippen molar-refractivity contribution < 1.29 is 9.53 Å². The van der Waals surface area contributed by atoms with Crippen LogP contribution in [0, 0.1) is 6.92 Å². The van der Waals surface area contributed by atoms with E-state index >= 15 is 0 Å². The van der Waals surface area contributed by atoms with Crippen LogP contribution in [0.3, 0.4) is 0 Å². The predicted molar refractivity (Wildman–Crippen MR) is 66.5 cm³/mol. The molecule has 1 N–H and O–H groups in total. The number of aryl methyl sites for hydroxylation is 1. The molecule has 0 atom stereocenters. The number of ether oxygens (including phenoxy) is 1. The highest BCUT2D eigenvalue weighted by Crippen LogP contribution is 2.14. The van der Waals surface area contributed by atoms with Crippen LogP contribution in [-0.2, 0) is 16.1 Å². The first-order valence-corrected chi connectivity index (χ1v) is 5.96. The minimum absolute atomic E-state index is 0.270. The Hall–Kier alpha value is -1.13. The molecule has 0 unspecified atom stereocenters. The van der Waals surface area contributed by atoms with Crippen LogP contribution in [0.15, 0.2) is 23.8 Å². The fourth-order valence-electron chi connectivity index (χ4n) is 1.25. The summed E-state index contributed by atoms with van der Waals surface area (Å²) in [4.78, 5) is 13.7. The van der Waals surface area contributed by atoms with Crippen molar-refractivity contribution in [2.75, 3.05) is 13.7 Å². The highest BCUT2D eigenvalue weighted by atomic mass is 32.1. The standard InChI is InChI=1S/C12H17NO2S/c1-9(12(14)15-3)6-7-13-8-11-5-4-10(2)16-11/h4-6,13H,7-8H2,1-3H3/b9-6+. The molecule has 0 saturated carbocycles. The number of carbonyl (C=O) groups is 1. The second-order valence-corrected chi connectivity index (χ2v) is 4.89. The van der Waals surface area contributed by atoms with Crippen molar-refractivity contribution in [2.24, 2.45) is 0 Å². The highest BCUT2D eigenvalue weighted by molar-refractivity contribution is 7.11. The second kappa shape index (κ2) is 6.45. The Morgan fingerprint density at radius 1 is 1.56 bits per heavy atom. The predicted octanol–water partition coefficient (Wildman–Crippen LogP) is 2.27. The van der Waals surface area contributed by atoms with Crippen LogP contribution >= 0.6 is 11.3 Å². The summed E-state index contributed by atoms with van der Waals surface area (Å²) in [6.07, 6.45) is 1.84. The molecular weight excluding hydrogens is 222 g/mol. The van der Waals surface area contributed by atoms with Crippen LogP contribution in [0.5, 0.6) is 0 Å². The molecule has 0 bridgehead atoms. The van der Waals surface area contributed by atoms with E-state index in [1.807, 2.05) is 6.08 Å². The summed E-state index contributed by atoms with van der Waals surface area (Å²) in [5, 5.41) is 3.25. The quantitative estimate of drug-likeness (QED) is 0.486. The summed E-state index contributed by atoms with van der Waals surface area (Å²) in [6, 6.07) is 4.22. The Kier molecular flexibility index (Phi) is 5.22. The number of hydrogen-bond donors (Lipinski definition) is 1. The van der Waals surface area contributed by atoms with Crippen LogP contribution in [0.2, 0.25) is 0 Å². The van der Waals surface area contributed by atoms with Crippen LogP contribution in [-0.4, -0.2) is 19.6 Å². The summed E-state index contributed by atoms with van der Waals surface area (Å²) in [7, 11) is 1.39. The normalized spacial score (nSPS) is 11.6. The summed E-state index contributed by atoms with van der Waals surface area (Å²) >= 11 is 1.78. The van der Waals surface area contributed by atoms with Crippen molar-refractivity contribution in [1.29, 1.82) is 0 Å². The van der Waals surface area contributed by atoms with Crippen molar-refractivity contribution in [2.45, 2.75) is 20.4 Å².